The average Bonchev–Trinajstić information content (AvgIpc) is 2.44. The maximum Gasteiger partial charge on any atom is -0.00945 e. The molecular formula is C20H30. The molecule has 0 bridgehead atoms. The summed E-state index contributed by atoms with van der Waals surface area (Å²) < 4.78 is 0. The lowest BCUT2D eigenvalue weighted by atomic mass is 9.85. The monoisotopic (exact) mass is 270 g/mol. The number of unbranched alkanes of at least 4 members (excludes halogenated alkanes) is 1. The van der Waals surface area contributed by atoms with Crippen LogP contribution >= 0.6 is 0 Å². The van der Waals surface area contributed by atoms with E-state index >= 15 is 0 Å². The molecule has 0 radical (unpaired) electrons. The predicted octanol–water partition coefficient (Wildman–Crippen LogP) is 6.56. The molecule has 0 spiro atoms. The number of hydrogen-bond acceptors (Lipinski definition) is 0. The van der Waals surface area contributed by atoms with Crippen molar-refractivity contribution in [2.24, 2.45) is 5.92 Å². The van der Waals surface area contributed by atoms with Crippen LogP contribution in [0.15, 0.2) is 73.4 Å². The van der Waals surface area contributed by atoms with Crippen LogP contribution in [0.3, 0.4) is 0 Å². The Kier molecular flexibility index (Phi) is 10.4. The molecule has 20 heavy (non-hydrogen) atoms. The first-order chi connectivity index (χ1) is 9.65. The van der Waals surface area contributed by atoms with Gasteiger partial charge in [0.05, 0.1) is 0 Å². The van der Waals surface area contributed by atoms with Crippen molar-refractivity contribution in [3.05, 3.63) is 73.4 Å². The molecule has 0 saturated heterocycles. The largest absolute Gasteiger partial charge is 0.103 e. The van der Waals surface area contributed by atoms with Crippen LogP contribution in [0.2, 0.25) is 0 Å². The molecule has 0 nitrogen and oxygen atoms in total. The summed E-state index contributed by atoms with van der Waals surface area (Å²) in [5, 5.41) is 0. The van der Waals surface area contributed by atoms with Crippen molar-refractivity contribution in [3.63, 3.8) is 0 Å². The van der Waals surface area contributed by atoms with Crippen molar-refractivity contribution < 1.29 is 0 Å². The van der Waals surface area contributed by atoms with Gasteiger partial charge in [-0.2, -0.15) is 0 Å². The highest BCUT2D eigenvalue weighted by molar-refractivity contribution is 5.44. The first-order valence-electron chi connectivity index (χ1n) is 7.53. The molecule has 0 N–H and O–H groups in total. The highest BCUT2D eigenvalue weighted by Gasteiger charge is 2.13. The van der Waals surface area contributed by atoms with E-state index in [0.29, 0.717) is 5.92 Å². The van der Waals surface area contributed by atoms with E-state index in [-0.39, 0.29) is 0 Å². The van der Waals surface area contributed by atoms with Crippen LogP contribution in [0.1, 0.15) is 46.0 Å². The summed E-state index contributed by atoms with van der Waals surface area (Å²) >= 11 is 0. The maximum atomic E-state index is 3.98. The van der Waals surface area contributed by atoms with E-state index in [9.17, 15) is 0 Å². The minimum atomic E-state index is 0.477. The van der Waals surface area contributed by atoms with Gasteiger partial charge in [-0.1, -0.05) is 62.8 Å². The Labute approximate surface area is 126 Å². The van der Waals surface area contributed by atoms with Gasteiger partial charge in [-0.25, -0.2) is 0 Å². The lowest BCUT2D eigenvalue weighted by molar-refractivity contribution is 0.669. The van der Waals surface area contributed by atoms with Gasteiger partial charge in [0.15, 0.2) is 0 Å². The van der Waals surface area contributed by atoms with Crippen molar-refractivity contribution in [1.29, 1.82) is 0 Å². The van der Waals surface area contributed by atoms with Gasteiger partial charge in [0.25, 0.3) is 0 Å². The van der Waals surface area contributed by atoms with Crippen LogP contribution in [-0.2, 0) is 0 Å². The van der Waals surface area contributed by atoms with Crippen molar-refractivity contribution in [2.75, 3.05) is 0 Å². The van der Waals surface area contributed by atoms with Gasteiger partial charge >= 0.3 is 0 Å². The van der Waals surface area contributed by atoms with Gasteiger partial charge in [-0.15, -0.1) is 19.7 Å². The van der Waals surface area contributed by atoms with Crippen LogP contribution in [0.4, 0.5) is 0 Å². The van der Waals surface area contributed by atoms with E-state index in [0.717, 1.165) is 32.1 Å². The predicted molar refractivity (Wildman–Crippen MR) is 93.8 cm³/mol. The highest BCUT2D eigenvalue weighted by Crippen LogP contribution is 2.30. The van der Waals surface area contributed by atoms with Gasteiger partial charge in [0.1, 0.15) is 0 Å². The average molecular weight is 270 g/mol. The zero-order chi connectivity index (χ0) is 15.4. The molecule has 0 aliphatic carbocycles. The molecule has 0 heteroatoms. The Morgan fingerprint density at radius 1 is 1.00 bits per heavy atom. The van der Waals surface area contributed by atoms with E-state index in [1.54, 1.807) is 0 Å². The molecule has 0 aromatic carbocycles. The Bertz CT molecular complexity index is 390. The third-order valence-corrected chi connectivity index (χ3v) is 3.44. The van der Waals surface area contributed by atoms with Crippen LogP contribution in [0.25, 0.3) is 0 Å². The second-order valence-electron chi connectivity index (χ2n) is 5.07. The summed E-state index contributed by atoms with van der Waals surface area (Å²) in [6.07, 6.45) is 15.2. The van der Waals surface area contributed by atoms with Crippen LogP contribution in [0, 0.1) is 5.92 Å². The number of allylic oxidation sites excluding steroid dienone is 8. The van der Waals surface area contributed by atoms with Crippen molar-refractivity contribution in [2.45, 2.75) is 46.0 Å². The SMILES string of the molecule is C=CCC(C(C=C)=CCCC)=C(CC=C)C(C)CC=C. The molecule has 0 heterocycles. The van der Waals surface area contributed by atoms with E-state index in [4.69, 9.17) is 0 Å². The molecule has 0 saturated carbocycles. The van der Waals surface area contributed by atoms with Crippen LogP contribution in [0.5, 0.6) is 0 Å². The van der Waals surface area contributed by atoms with Gasteiger partial charge in [0.2, 0.25) is 0 Å². The zero-order valence-corrected chi connectivity index (χ0v) is 13.3. The van der Waals surface area contributed by atoms with Gasteiger partial charge in [-0.05, 0) is 42.7 Å². The molecule has 0 fully saturated rings. The van der Waals surface area contributed by atoms with Gasteiger partial charge in [-0.3, -0.25) is 0 Å². The molecule has 0 aliphatic heterocycles. The minimum absolute atomic E-state index is 0.477. The van der Waals surface area contributed by atoms with Crippen molar-refractivity contribution in [3.8, 4) is 0 Å². The lowest BCUT2D eigenvalue weighted by Crippen LogP contribution is -2.04. The standard InChI is InChI=1S/C20H30/c1-7-12-16-18(11-5)20(15-10-4)19(14-9-3)17(6)13-8-2/h8-11,16-17H,2-5,7,12-15H2,1,6H3. The second-order valence-corrected chi connectivity index (χ2v) is 5.07. The van der Waals surface area contributed by atoms with E-state index in [1.165, 1.54) is 16.7 Å². The Morgan fingerprint density at radius 3 is 2.10 bits per heavy atom. The first kappa shape index (κ1) is 18.4. The quantitative estimate of drug-likeness (QED) is 0.294. The third kappa shape index (κ3) is 6.06. The summed E-state index contributed by atoms with van der Waals surface area (Å²) in [6, 6.07) is 0. The second kappa shape index (κ2) is 11.3. The maximum absolute atomic E-state index is 3.98. The van der Waals surface area contributed by atoms with E-state index in [2.05, 4.69) is 46.2 Å². The summed E-state index contributed by atoms with van der Waals surface area (Å²) in [6.45, 7) is 20.1. The number of rotatable bonds is 11. The van der Waals surface area contributed by atoms with Gasteiger partial charge < -0.3 is 0 Å². The molecule has 0 aromatic rings. The van der Waals surface area contributed by atoms with Crippen LogP contribution < -0.4 is 0 Å². The fourth-order valence-corrected chi connectivity index (χ4v) is 2.38. The van der Waals surface area contributed by atoms with Crippen LogP contribution in [-0.4, -0.2) is 0 Å². The molecule has 0 amide bonds. The summed E-state index contributed by atoms with van der Waals surface area (Å²) in [7, 11) is 0. The number of hydrogen-bond donors (Lipinski definition) is 0. The highest BCUT2D eigenvalue weighted by atomic mass is 14.2. The van der Waals surface area contributed by atoms with Crippen molar-refractivity contribution >= 4 is 0 Å². The zero-order valence-electron chi connectivity index (χ0n) is 13.3. The summed E-state index contributed by atoms with van der Waals surface area (Å²) in [4.78, 5) is 0. The first-order valence-corrected chi connectivity index (χ1v) is 7.53. The Balaban J connectivity index is 5.75. The third-order valence-electron chi connectivity index (χ3n) is 3.44. The molecule has 0 rings (SSSR count). The smallest absolute Gasteiger partial charge is 0.00945 e. The summed E-state index contributed by atoms with van der Waals surface area (Å²) in [5.41, 5.74) is 4.04. The molecule has 1 unspecified atom stereocenters. The topological polar surface area (TPSA) is 0 Å². The molecule has 1 atom stereocenters. The van der Waals surface area contributed by atoms with Gasteiger partial charge in [0, 0.05) is 0 Å². The molecule has 0 aliphatic rings. The molecular weight excluding hydrogens is 240 g/mol. The summed E-state index contributed by atoms with van der Waals surface area (Å²) in [5.74, 6) is 0.477. The molecule has 110 valence electrons. The normalized spacial score (nSPS) is 14.2. The Morgan fingerprint density at radius 2 is 1.65 bits per heavy atom. The lowest BCUT2D eigenvalue weighted by Gasteiger charge is -2.20. The van der Waals surface area contributed by atoms with E-state index in [1.807, 2.05) is 24.3 Å². The minimum Gasteiger partial charge on any atom is -0.103 e. The molecule has 0 aromatic heterocycles. The van der Waals surface area contributed by atoms with E-state index < -0.39 is 0 Å². The van der Waals surface area contributed by atoms with Crippen molar-refractivity contribution in [1.82, 2.24) is 0 Å². The fraction of sp³-hybridized carbons (Fsp3) is 0.400. The Hall–Kier alpha value is -1.56. The fourth-order valence-electron chi connectivity index (χ4n) is 2.38.